The zero-order valence-electron chi connectivity index (χ0n) is 12.9. The summed E-state index contributed by atoms with van der Waals surface area (Å²) in [5.74, 6) is 0.733. The molecule has 4 heteroatoms. The van der Waals surface area contributed by atoms with Gasteiger partial charge in [0, 0.05) is 44.6 Å². The molecule has 1 aliphatic carbocycles. The van der Waals surface area contributed by atoms with Crippen LogP contribution in [0.2, 0.25) is 0 Å². The van der Waals surface area contributed by atoms with Crippen LogP contribution in [0.1, 0.15) is 38.5 Å². The predicted molar refractivity (Wildman–Crippen MR) is 78.8 cm³/mol. The van der Waals surface area contributed by atoms with Gasteiger partial charge in [-0.1, -0.05) is 0 Å². The van der Waals surface area contributed by atoms with Gasteiger partial charge in [0.2, 0.25) is 0 Å². The minimum atomic E-state index is 0.0911. The lowest BCUT2D eigenvalue weighted by molar-refractivity contribution is -0.156. The third-order valence-electron chi connectivity index (χ3n) is 5.63. The van der Waals surface area contributed by atoms with E-state index in [1.54, 1.807) is 0 Å². The van der Waals surface area contributed by atoms with Crippen LogP contribution in [-0.2, 0) is 9.53 Å². The Morgan fingerprint density at radius 1 is 1.30 bits per heavy atom. The highest BCUT2D eigenvalue weighted by atomic mass is 16.5. The van der Waals surface area contributed by atoms with Gasteiger partial charge in [-0.15, -0.1) is 0 Å². The first-order valence-electron chi connectivity index (χ1n) is 8.13. The lowest BCUT2D eigenvalue weighted by atomic mass is 9.70. The summed E-state index contributed by atoms with van der Waals surface area (Å²) >= 11 is 0. The fourth-order valence-electron chi connectivity index (χ4n) is 3.94. The molecule has 3 rings (SSSR count). The van der Waals surface area contributed by atoms with E-state index in [9.17, 15) is 4.79 Å². The molecule has 2 atom stereocenters. The van der Waals surface area contributed by atoms with Crippen LogP contribution in [0.15, 0.2) is 0 Å². The molecule has 0 amide bonds. The number of hydrogen-bond donors (Lipinski definition) is 0. The second-order valence-electron chi connectivity index (χ2n) is 7.14. The maximum absolute atomic E-state index is 12.6. The second-order valence-corrected chi connectivity index (χ2v) is 7.14. The van der Waals surface area contributed by atoms with Gasteiger partial charge in [-0.05, 0) is 46.2 Å². The van der Waals surface area contributed by atoms with Crippen LogP contribution in [0.3, 0.4) is 0 Å². The highest BCUT2D eigenvalue weighted by Crippen LogP contribution is 2.44. The smallest absolute Gasteiger partial charge is 0.137 e. The van der Waals surface area contributed by atoms with E-state index in [0.717, 1.165) is 45.5 Å². The van der Waals surface area contributed by atoms with E-state index in [4.69, 9.17) is 4.74 Å². The predicted octanol–water partition coefficient (Wildman–Crippen LogP) is 1.54. The Morgan fingerprint density at radius 3 is 2.80 bits per heavy atom. The molecule has 3 fully saturated rings. The van der Waals surface area contributed by atoms with Crippen molar-refractivity contribution in [2.24, 2.45) is 5.92 Å². The lowest BCUT2D eigenvalue weighted by Crippen LogP contribution is -2.52. The number of Topliss-reactive ketones (excluding diaryl/α,β-unsaturated/α-hetero) is 1. The fraction of sp³-hybridized carbons (Fsp3) is 0.938. The van der Waals surface area contributed by atoms with Crippen molar-refractivity contribution in [2.75, 3.05) is 40.3 Å². The summed E-state index contributed by atoms with van der Waals surface area (Å²) in [6, 6.07) is 0.404. The monoisotopic (exact) mass is 280 g/mol. The van der Waals surface area contributed by atoms with Crippen LogP contribution in [0, 0.1) is 5.92 Å². The van der Waals surface area contributed by atoms with Crippen LogP contribution >= 0.6 is 0 Å². The summed E-state index contributed by atoms with van der Waals surface area (Å²) in [7, 11) is 4.31. The van der Waals surface area contributed by atoms with Crippen molar-refractivity contribution in [1.29, 1.82) is 0 Å². The first kappa shape index (κ1) is 14.5. The zero-order valence-corrected chi connectivity index (χ0v) is 12.9. The Morgan fingerprint density at radius 2 is 2.10 bits per heavy atom. The SMILES string of the molecule is CN1CCN(C)C(CC(=O)C2CCOC3(CCC3)C2)C1. The highest BCUT2D eigenvalue weighted by Gasteiger charge is 2.44. The lowest BCUT2D eigenvalue weighted by Gasteiger charge is -2.47. The maximum atomic E-state index is 12.6. The van der Waals surface area contributed by atoms with Crippen molar-refractivity contribution in [2.45, 2.75) is 50.2 Å². The standard InChI is InChI=1S/C16H28N2O2/c1-17-7-8-18(2)14(12-17)10-15(19)13-4-9-20-16(11-13)5-3-6-16/h13-14H,3-12H2,1-2H3. The average molecular weight is 280 g/mol. The molecule has 0 N–H and O–H groups in total. The first-order chi connectivity index (χ1) is 9.58. The van der Waals surface area contributed by atoms with Gasteiger partial charge in [-0.3, -0.25) is 4.79 Å². The number of carbonyl (C=O) groups is 1. The normalized spacial score (nSPS) is 34.9. The van der Waals surface area contributed by atoms with Crippen LogP contribution in [0.5, 0.6) is 0 Å². The Balaban J connectivity index is 1.55. The summed E-state index contributed by atoms with van der Waals surface area (Å²) in [6.07, 6.45) is 6.26. The Hall–Kier alpha value is -0.450. The first-order valence-corrected chi connectivity index (χ1v) is 8.13. The van der Waals surface area contributed by atoms with E-state index < -0.39 is 0 Å². The Labute approximate surface area is 122 Å². The Bertz CT molecular complexity index is 367. The van der Waals surface area contributed by atoms with E-state index in [2.05, 4.69) is 23.9 Å². The van der Waals surface area contributed by atoms with Crippen molar-refractivity contribution in [3.63, 3.8) is 0 Å². The molecule has 2 unspecified atom stereocenters. The third-order valence-corrected chi connectivity index (χ3v) is 5.63. The van der Waals surface area contributed by atoms with Crippen molar-refractivity contribution in [1.82, 2.24) is 9.80 Å². The van der Waals surface area contributed by atoms with Crippen molar-refractivity contribution < 1.29 is 9.53 Å². The van der Waals surface area contributed by atoms with Gasteiger partial charge in [0.1, 0.15) is 5.78 Å². The number of ether oxygens (including phenoxy) is 1. The van der Waals surface area contributed by atoms with Crippen LogP contribution in [-0.4, -0.2) is 67.6 Å². The van der Waals surface area contributed by atoms with Crippen molar-refractivity contribution in [3.8, 4) is 0 Å². The molecule has 2 heterocycles. The number of piperazine rings is 1. The molecule has 3 aliphatic rings. The number of hydrogen-bond acceptors (Lipinski definition) is 4. The number of nitrogens with zero attached hydrogens (tertiary/aromatic N) is 2. The number of ketones is 1. The third kappa shape index (κ3) is 2.92. The maximum Gasteiger partial charge on any atom is 0.137 e. The van der Waals surface area contributed by atoms with Crippen molar-refractivity contribution >= 4 is 5.78 Å². The average Bonchev–Trinajstić information content (AvgIpc) is 2.41. The van der Waals surface area contributed by atoms with Gasteiger partial charge < -0.3 is 14.5 Å². The van der Waals surface area contributed by atoms with Gasteiger partial charge in [-0.2, -0.15) is 0 Å². The van der Waals surface area contributed by atoms with Crippen LogP contribution in [0.4, 0.5) is 0 Å². The highest BCUT2D eigenvalue weighted by molar-refractivity contribution is 5.81. The molecule has 0 radical (unpaired) electrons. The fourth-order valence-corrected chi connectivity index (χ4v) is 3.94. The molecule has 0 aromatic rings. The quantitative estimate of drug-likeness (QED) is 0.785. The second kappa shape index (κ2) is 5.74. The van der Waals surface area contributed by atoms with Gasteiger partial charge in [0.25, 0.3) is 0 Å². The molecule has 2 saturated heterocycles. The number of carbonyl (C=O) groups excluding carboxylic acids is 1. The molecule has 114 valence electrons. The minimum Gasteiger partial charge on any atom is -0.375 e. The van der Waals surface area contributed by atoms with E-state index in [1.165, 1.54) is 19.3 Å². The van der Waals surface area contributed by atoms with Gasteiger partial charge in [-0.25, -0.2) is 0 Å². The largest absolute Gasteiger partial charge is 0.375 e. The van der Waals surface area contributed by atoms with E-state index in [0.29, 0.717) is 11.8 Å². The van der Waals surface area contributed by atoms with Gasteiger partial charge >= 0.3 is 0 Å². The molecule has 2 aliphatic heterocycles. The van der Waals surface area contributed by atoms with Crippen molar-refractivity contribution in [3.05, 3.63) is 0 Å². The molecular weight excluding hydrogens is 252 g/mol. The summed E-state index contributed by atoms with van der Waals surface area (Å²) in [4.78, 5) is 17.3. The molecule has 0 aromatic carbocycles. The van der Waals surface area contributed by atoms with Gasteiger partial charge in [0.15, 0.2) is 0 Å². The topological polar surface area (TPSA) is 32.8 Å². The number of rotatable bonds is 3. The molecule has 1 saturated carbocycles. The molecular formula is C16H28N2O2. The minimum absolute atomic E-state index is 0.0911. The summed E-state index contributed by atoms with van der Waals surface area (Å²) in [5.41, 5.74) is 0.0911. The summed E-state index contributed by atoms with van der Waals surface area (Å²) < 4.78 is 5.94. The summed E-state index contributed by atoms with van der Waals surface area (Å²) in [5, 5.41) is 0. The molecule has 0 aromatic heterocycles. The molecule has 4 nitrogen and oxygen atoms in total. The number of likely N-dealkylation sites (N-methyl/N-ethyl adjacent to an activating group) is 2. The van der Waals surface area contributed by atoms with Gasteiger partial charge in [0.05, 0.1) is 5.60 Å². The van der Waals surface area contributed by atoms with E-state index >= 15 is 0 Å². The summed E-state index contributed by atoms with van der Waals surface area (Å²) in [6.45, 7) is 4.00. The Kier molecular flexibility index (Phi) is 4.16. The van der Waals surface area contributed by atoms with E-state index in [1.807, 2.05) is 0 Å². The molecule has 20 heavy (non-hydrogen) atoms. The van der Waals surface area contributed by atoms with Crippen LogP contribution < -0.4 is 0 Å². The molecule has 0 bridgehead atoms. The van der Waals surface area contributed by atoms with Crippen LogP contribution in [0.25, 0.3) is 0 Å². The molecule has 1 spiro atoms. The van der Waals surface area contributed by atoms with E-state index in [-0.39, 0.29) is 11.5 Å². The zero-order chi connectivity index (χ0) is 14.2.